The van der Waals surface area contributed by atoms with Crippen LogP contribution in [0.2, 0.25) is 0 Å². The lowest BCUT2D eigenvalue weighted by atomic mass is 9.60. The van der Waals surface area contributed by atoms with E-state index in [4.69, 9.17) is 5.73 Å². The van der Waals surface area contributed by atoms with Gasteiger partial charge in [0, 0.05) is 44.2 Å². The fraction of sp³-hybridized carbons (Fsp3) is 0.536. The lowest BCUT2D eigenvalue weighted by Crippen LogP contribution is -2.57. The highest BCUT2D eigenvalue weighted by Crippen LogP contribution is 2.52. The van der Waals surface area contributed by atoms with Crippen LogP contribution >= 0.6 is 0 Å². The van der Waals surface area contributed by atoms with Crippen molar-refractivity contribution in [3.8, 4) is 5.75 Å². The smallest absolute Gasteiger partial charge is 0.255 e. The molecular weight excluding hydrogens is 490 g/mol. The number of phenolic OH excluding ortho intramolecular Hbond substituents is 1. The average molecular weight is 528 g/mol. The maximum absolute atomic E-state index is 13.8. The predicted molar refractivity (Wildman–Crippen MR) is 141 cm³/mol. The molecule has 3 atom stereocenters. The summed E-state index contributed by atoms with van der Waals surface area (Å²) in [5.41, 5.74) is 4.15. The van der Waals surface area contributed by atoms with Crippen LogP contribution in [0.1, 0.15) is 61.5 Å². The molecule has 10 heteroatoms. The van der Waals surface area contributed by atoms with Crippen molar-refractivity contribution in [1.82, 2.24) is 5.32 Å². The molecular formula is C28H37N3O7. The molecule has 1 unspecified atom stereocenters. The molecule has 1 amide bonds. The number of hydrogen-bond acceptors (Lipinski definition) is 9. The first-order valence-electron chi connectivity index (χ1n) is 12.8. The number of aliphatic hydroxyl groups excluding tert-OH is 2. The minimum atomic E-state index is -2.56. The van der Waals surface area contributed by atoms with Crippen LogP contribution in [-0.4, -0.2) is 64.1 Å². The number of carbonyl (C=O) groups excluding carboxylic acids is 3. The third-order valence-corrected chi connectivity index (χ3v) is 7.93. The van der Waals surface area contributed by atoms with Gasteiger partial charge in [-0.05, 0) is 54.3 Å². The van der Waals surface area contributed by atoms with Gasteiger partial charge in [0.1, 0.15) is 22.8 Å². The summed E-state index contributed by atoms with van der Waals surface area (Å²) in [6.45, 7) is 7.72. The number of benzene rings is 1. The number of primary amides is 1. The second-order valence-corrected chi connectivity index (χ2v) is 12.0. The number of nitrogens with zero attached hydrogens (tertiary/aromatic N) is 1. The highest BCUT2D eigenvalue weighted by Gasteiger charge is 2.59. The summed E-state index contributed by atoms with van der Waals surface area (Å²) in [6, 6.07) is 1.53. The Morgan fingerprint density at radius 2 is 1.84 bits per heavy atom. The topological polar surface area (TPSA) is 173 Å². The van der Waals surface area contributed by atoms with Gasteiger partial charge in [-0.1, -0.05) is 20.8 Å². The van der Waals surface area contributed by atoms with E-state index >= 15 is 0 Å². The van der Waals surface area contributed by atoms with Gasteiger partial charge in [0.15, 0.2) is 11.4 Å². The first-order chi connectivity index (χ1) is 17.6. The maximum atomic E-state index is 13.8. The second kappa shape index (κ2) is 9.43. The third kappa shape index (κ3) is 4.35. The molecule has 0 radical (unpaired) electrons. The molecule has 0 saturated carbocycles. The number of amides is 1. The van der Waals surface area contributed by atoms with Crippen LogP contribution in [0.15, 0.2) is 28.7 Å². The molecule has 7 N–H and O–H groups in total. The highest BCUT2D eigenvalue weighted by atomic mass is 16.3. The number of ketones is 2. The molecule has 206 valence electrons. The standard InChI is InChI=1S/C28H37N3O7/c1-27(2,3)6-7-30-12-14-10-17(32)20-16(22(14)31(4)5)9-13-8-15-11-18(33)21(26(29)37)25(36)28(15,38)24(35)19(13)23(20)34/h10,13,15,30,32-33,35,38H,6-9,11-12H2,1-5H3,(H2,29,37)/t13?,15-,28-/m0/s1. The van der Waals surface area contributed by atoms with E-state index in [0.717, 1.165) is 24.2 Å². The van der Waals surface area contributed by atoms with Crippen LogP contribution in [0, 0.1) is 17.3 Å². The first-order valence-corrected chi connectivity index (χ1v) is 12.8. The van der Waals surface area contributed by atoms with Crippen molar-refractivity contribution in [2.24, 2.45) is 23.0 Å². The number of carbonyl (C=O) groups is 3. The fourth-order valence-electron chi connectivity index (χ4n) is 6.12. The zero-order chi connectivity index (χ0) is 28.3. The summed E-state index contributed by atoms with van der Waals surface area (Å²) in [7, 11) is 3.71. The van der Waals surface area contributed by atoms with E-state index < -0.39 is 52.0 Å². The minimum absolute atomic E-state index is 0.0174. The van der Waals surface area contributed by atoms with Crippen molar-refractivity contribution in [3.63, 3.8) is 0 Å². The lowest BCUT2D eigenvalue weighted by molar-refractivity contribution is -0.144. The Morgan fingerprint density at radius 3 is 2.42 bits per heavy atom. The van der Waals surface area contributed by atoms with E-state index in [9.17, 15) is 34.8 Å². The van der Waals surface area contributed by atoms with E-state index in [2.05, 4.69) is 26.1 Å². The Labute approximate surface area is 221 Å². The monoisotopic (exact) mass is 527 g/mol. The van der Waals surface area contributed by atoms with Gasteiger partial charge in [0.05, 0.1) is 5.56 Å². The highest BCUT2D eigenvalue weighted by molar-refractivity contribution is 6.24. The van der Waals surface area contributed by atoms with Gasteiger partial charge in [0.2, 0.25) is 5.78 Å². The van der Waals surface area contributed by atoms with E-state index in [-0.39, 0.29) is 41.6 Å². The Bertz CT molecular complexity index is 1290. The molecule has 10 nitrogen and oxygen atoms in total. The van der Waals surface area contributed by atoms with Gasteiger partial charge in [-0.3, -0.25) is 14.4 Å². The van der Waals surface area contributed by atoms with Crippen molar-refractivity contribution >= 4 is 23.2 Å². The van der Waals surface area contributed by atoms with Crippen LogP contribution < -0.4 is 16.0 Å². The van der Waals surface area contributed by atoms with E-state index in [1.165, 1.54) is 6.07 Å². The minimum Gasteiger partial charge on any atom is -0.511 e. The van der Waals surface area contributed by atoms with E-state index in [1.54, 1.807) is 0 Å². The summed E-state index contributed by atoms with van der Waals surface area (Å²) in [5.74, 6) is -6.29. The number of aromatic hydroxyl groups is 1. The van der Waals surface area contributed by atoms with Crippen molar-refractivity contribution in [1.29, 1.82) is 0 Å². The van der Waals surface area contributed by atoms with E-state index in [1.807, 2.05) is 19.0 Å². The molecule has 0 fully saturated rings. The number of nitrogens with one attached hydrogen (secondary N) is 1. The van der Waals surface area contributed by atoms with E-state index in [0.29, 0.717) is 12.1 Å². The molecule has 3 aliphatic rings. The average Bonchev–Trinajstić information content (AvgIpc) is 2.77. The van der Waals surface area contributed by atoms with Gasteiger partial charge in [-0.2, -0.15) is 0 Å². The molecule has 3 aliphatic carbocycles. The van der Waals surface area contributed by atoms with Gasteiger partial charge >= 0.3 is 0 Å². The zero-order valence-corrected chi connectivity index (χ0v) is 22.5. The third-order valence-electron chi connectivity index (χ3n) is 7.93. The molecule has 0 heterocycles. The summed E-state index contributed by atoms with van der Waals surface area (Å²) in [5, 5.41) is 47.3. The second-order valence-electron chi connectivity index (χ2n) is 12.0. The molecule has 38 heavy (non-hydrogen) atoms. The maximum Gasteiger partial charge on any atom is 0.255 e. The molecule has 0 bridgehead atoms. The van der Waals surface area contributed by atoms with Crippen LogP contribution in [0.5, 0.6) is 5.75 Å². The summed E-state index contributed by atoms with van der Waals surface area (Å²) in [6.07, 6.45) is 1.08. The molecule has 1 aromatic rings. The molecule has 1 aromatic carbocycles. The van der Waals surface area contributed by atoms with Gasteiger partial charge < -0.3 is 36.4 Å². The Balaban J connectivity index is 1.78. The van der Waals surface area contributed by atoms with Crippen molar-refractivity contribution < 1.29 is 34.8 Å². The van der Waals surface area contributed by atoms with Crippen molar-refractivity contribution in [2.75, 3.05) is 25.5 Å². The van der Waals surface area contributed by atoms with Crippen molar-refractivity contribution in [3.05, 3.63) is 45.4 Å². The number of nitrogens with two attached hydrogens (primary N) is 1. The van der Waals surface area contributed by atoms with Crippen LogP contribution in [0.4, 0.5) is 5.69 Å². The number of allylic oxidation sites excluding steroid dienone is 2. The Hall–Kier alpha value is -3.37. The number of rotatable bonds is 6. The number of phenols is 1. The quantitative estimate of drug-likeness (QED) is 0.239. The van der Waals surface area contributed by atoms with Gasteiger partial charge in [-0.15, -0.1) is 0 Å². The van der Waals surface area contributed by atoms with Crippen LogP contribution in [0.25, 0.3) is 0 Å². The normalized spacial score (nSPS) is 25.2. The van der Waals surface area contributed by atoms with Crippen LogP contribution in [0.3, 0.4) is 0 Å². The molecule has 0 saturated heterocycles. The predicted octanol–water partition coefficient (Wildman–Crippen LogP) is 2.17. The Kier molecular flexibility index (Phi) is 6.86. The first kappa shape index (κ1) is 27.7. The molecule has 4 rings (SSSR count). The lowest BCUT2D eigenvalue weighted by Gasteiger charge is -2.46. The molecule has 0 aromatic heterocycles. The number of aliphatic hydroxyl groups is 3. The Morgan fingerprint density at radius 1 is 1.18 bits per heavy atom. The SMILES string of the molecule is CN(C)c1c(CNCCC(C)(C)C)cc(O)c2c1CC1C[C@H]3CC(O)=C(C(N)=O)C(=O)[C@@]3(O)C(O)=C1C2=O. The van der Waals surface area contributed by atoms with Gasteiger partial charge in [0.25, 0.3) is 5.91 Å². The summed E-state index contributed by atoms with van der Waals surface area (Å²) >= 11 is 0. The van der Waals surface area contributed by atoms with Gasteiger partial charge in [-0.25, -0.2) is 0 Å². The molecule has 0 aliphatic heterocycles. The summed E-state index contributed by atoms with van der Waals surface area (Å²) in [4.78, 5) is 40.5. The number of anilines is 1. The fourth-order valence-corrected chi connectivity index (χ4v) is 6.12. The number of hydrogen-bond donors (Lipinski definition) is 6. The largest absolute Gasteiger partial charge is 0.511 e. The zero-order valence-electron chi connectivity index (χ0n) is 22.5. The van der Waals surface area contributed by atoms with Crippen molar-refractivity contribution in [2.45, 2.75) is 58.6 Å². The van der Waals surface area contributed by atoms with Crippen LogP contribution in [-0.2, 0) is 22.6 Å². The number of Topliss-reactive ketones (excluding diaryl/α,β-unsaturated/α-hetero) is 2. The molecule has 0 spiro atoms. The number of fused-ring (bicyclic) bond motifs is 3. The summed E-state index contributed by atoms with van der Waals surface area (Å²) < 4.78 is 0.